The van der Waals surface area contributed by atoms with Crippen molar-refractivity contribution < 1.29 is 23.1 Å². The SMILES string of the molecule is CCOc1c(Cl)ccc(C(=O)c2cnn(CC)c2O)c1Cl.CCS(N)(=O)=O. The number of carbonyl (C=O) groups is 1. The zero-order chi connectivity index (χ0) is 20.8. The Balaban J connectivity index is 0.000000527. The van der Waals surface area contributed by atoms with Gasteiger partial charge in [0.1, 0.15) is 5.56 Å². The lowest BCUT2D eigenvalue weighted by Gasteiger charge is -2.11. The lowest BCUT2D eigenvalue weighted by atomic mass is 10.1. The van der Waals surface area contributed by atoms with E-state index in [1.807, 2.05) is 6.92 Å². The number of primary sulfonamides is 1. The summed E-state index contributed by atoms with van der Waals surface area (Å²) in [5.74, 6) is -0.345. The first-order chi connectivity index (χ1) is 12.6. The van der Waals surface area contributed by atoms with E-state index < -0.39 is 15.8 Å². The highest BCUT2D eigenvalue weighted by Crippen LogP contribution is 2.37. The Labute approximate surface area is 167 Å². The van der Waals surface area contributed by atoms with Crippen molar-refractivity contribution in [3.8, 4) is 11.6 Å². The summed E-state index contributed by atoms with van der Waals surface area (Å²) in [6.07, 6.45) is 1.31. The lowest BCUT2D eigenvalue weighted by molar-refractivity contribution is 0.103. The average molecular weight is 438 g/mol. The van der Waals surface area contributed by atoms with E-state index in [9.17, 15) is 18.3 Å². The zero-order valence-corrected chi connectivity index (χ0v) is 17.4. The molecule has 3 N–H and O–H groups in total. The Morgan fingerprint density at radius 1 is 1.26 bits per heavy atom. The maximum Gasteiger partial charge on any atom is 0.220 e. The molecule has 27 heavy (non-hydrogen) atoms. The molecule has 8 nitrogen and oxygen atoms in total. The molecule has 11 heteroatoms. The third-order valence-corrected chi connectivity index (χ3v) is 4.82. The van der Waals surface area contributed by atoms with Crippen LogP contribution in [0.15, 0.2) is 18.3 Å². The molecule has 0 unspecified atom stereocenters. The topological polar surface area (TPSA) is 125 Å². The van der Waals surface area contributed by atoms with Crippen molar-refractivity contribution in [2.24, 2.45) is 5.14 Å². The van der Waals surface area contributed by atoms with Crippen molar-refractivity contribution in [2.45, 2.75) is 27.3 Å². The molecule has 2 aromatic rings. The van der Waals surface area contributed by atoms with Gasteiger partial charge in [0.15, 0.2) is 5.75 Å². The second-order valence-corrected chi connectivity index (χ2v) is 7.84. The molecular formula is C16H21Cl2N3O5S. The van der Waals surface area contributed by atoms with Crippen molar-refractivity contribution in [2.75, 3.05) is 12.4 Å². The molecule has 1 heterocycles. The monoisotopic (exact) mass is 437 g/mol. The fourth-order valence-electron chi connectivity index (χ4n) is 1.90. The van der Waals surface area contributed by atoms with E-state index in [-0.39, 0.29) is 33.5 Å². The van der Waals surface area contributed by atoms with Crippen molar-refractivity contribution >= 4 is 39.0 Å². The van der Waals surface area contributed by atoms with E-state index in [0.29, 0.717) is 18.2 Å². The molecule has 0 aliphatic carbocycles. The second kappa shape index (κ2) is 9.93. The molecule has 0 saturated heterocycles. The van der Waals surface area contributed by atoms with E-state index in [4.69, 9.17) is 27.9 Å². The molecule has 1 aromatic heterocycles. The summed E-state index contributed by atoms with van der Waals surface area (Å²) in [4.78, 5) is 12.5. The first kappa shape index (κ1) is 23.2. The molecule has 0 fully saturated rings. The number of halogens is 2. The van der Waals surface area contributed by atoms with Crippen molar-refractivity contribution in [1.29, 1.82) is 0 Å². The van der Waals surface area contributed by atoms with Gasteiger partial charge in [-0.15, -0.1) is 0 Å². The Morgan fingerprint density at radius 2 is 1.85 bits per heavy atom. The normalized spacial score (nSPS) is 10.9. The minimum Gasteiger partial charge on any atom is -0.493 e. The number of aryl methyl sites for hydroxylation is 1. The van der Waals surface area contributed by atoms with Crippen LogP contribution in [0, 0.1) is 0 Å². The number of nitrogens with two attached hydrogens (primary N) is 1. The molecule has 0 saturated carbocycles. The van der Waals surface area contributed by atoms with Crippen LogP contribution in [0.25, 0.3) is 0 Å². The van der Waals surface area contributed by atoms with Gasteiger partial charge in [-0.05, 0) is 32.9 Å². The Morgan fingerprint density at radius 3 is 2.30 bits per heavy atom. The van der Waals surface area contributed by atoms with E-state index >= 15 is 0 Å². The zero-order valence-electron chi connectivity index (χ0n) is 15.1. The molecule has 0 aliphatic rings. The van der Waals surface area contributed by atoms with Crippen LogP contribution in [-0.2, 0) is 16.6 Å². The Kier molecular flexibility index (Phi) is 8.55. The van der Waals surface area contributed by atoms with E-state index in [1.165, 1.54) is 29.9 Å². The highest BCUT2D eigenvalue weighted by Gasteiger charge is 2.23. The number of carbonyl (C=O) groups excluding carboxylic acids is 1. The molecule has 0 amide bonds. The smallest absolute Gasteiger partial charge is 0.220 e. The summed E-state index contributed by atoms with van der Waals surface area (Å²) >= 11 is 12.2. The van der Waals surface area contributed by atoms with Crippen LogP contribution in [0.3, 0.4) is 0 Å². The van der Waals surface area contributed by atoms with Crippen LogP contribution < -0.4 is 9.88 Å². The lowest BCUT2D eigenvalue weighted by Crippen LogP contribution is -2.13. The first-order valence-electron chi connectivity index (χ1n) is 7.97. The summed E-state index contributed by atoms with van der Waals surface area (Å²) in [5.41, 5.74) is 0.291. The van der Waals surface area contributed by atoms with Gasteiger partial charge in [0, 0.05) is 12.1 Å². The first-order valence-corrected chi connectivity index (χ1v) is 10.4. The molecular weight excluding hydrogens is 417 g/mol. The van der Waals surface area contributed by atoms with Crippen LogP contribution >= 0.6 is 23.2 Å². The molecule has 1 aromatic carbocycles. The van der Waals surface area contributed by atoms with E-state index in [2.05, 4.69) is 10.2 Å². The number of rotatable bonds is 6. The van der Waals surface area contributed by atoms with Gasteiger partial charge in [-0.1, -0.05) is 23.2 Å². The molecule has 0 aliphatic heterocycles. The van der Waals surface area contributed by atoms with Crippen LogP contribution in [0.1, 0.15) is 36.7 Å². The van der Waals surface area contributed by atoms with Crippen molar-refractivity contribution in [3.05, 3.63) is 39.5 Å². The van der Waals surface area contributed by atoms with Gasteiger partial charge in [0.05, 0.1) is 28.6 Å². The standard InChI is InChI=1S/C14H14Cl2N2O3.C2H7NO2S/c1-3-18-14(20)9(7-17-18)12(19)8-5-6-10(15)13(11(8)16)21-4-2;1-2-6(3,4)5/h5-7,20H,3-4H2,1-2H3;2H2,1H3,(H2,3,4,5). The molecule has 150 valence electrons. The maximum absolute atomic E-state index is 12.5. The van der Waals surface area contributed by atoms with E-state index in [1.54, 1.807) is 6.92 Å². The number of nitrogens with zero attached hydrogens (tertiary/aromatic N) is 2. The van der Waals surface area contributed by atoms with Crippen LogP contribution in [0.4, 0.5) is 0 Å². The number of hydrogen-bond donors (Lipinski definition) is 2. The molecule has 0 bridgehead atoms. The highest BCUT2D eigenvalue weighted by atomic mass is 35.5. The number of aromatic hydroxyl groups is 1. The molecule has 2 rings (SSSR count). The summed E-state index contributed by atoms with van der Waals surface area (Å²) < 4.78 is 26.2. The van der Waals surface area contributed by atoms with Gasteiger partial charge < -0.3 is 9.84 Å². The van der Waals surface area contributed by atoms with Gasteiger partial charge in [0.2, 0.25) is 21.7 Å². The highest BCUT2D eigenvalue weighted by molar-refractivity contribution is 7.89. The van der Waals surface area contributed by atoms with Gasteiger partial charge in [-0.3, -0.25) is 4.79 Å². The van der Waals surface area contributed by atoms with Crippen molar-refractivity contribution in [3.63, 3.8) is 0 Å². The molecule has 0 radical (unpaired) electrons. The predicted molar refractivity (Wildman–Crippen MR) is 104 cm³/mol. The molecule has 0 spiro atoms. The van der Waals surface area contributed by atoms with Gasteiger partial charge in [-0.2, -0.15) is 5.10 Å². The largest absolute Gasteiger partial charge is 0.493 e. The van der Waals surface area contributed by atoms with Gasteiger partial charge in [-0.25, -0.2) is 18.2 Å². The fourth-order valence-corrected chi connectivity index (χ4v) is 2.47. The fraction of sp³-hybridized carbons (Fsp3) is 0.375. The Hall–Kier alpha value is -1.81. The minimum atomic E-state index is -3.16. The van der Waals surface area contributed by atoms with Crippen LogP contribution in [-0.4, -0.2) is 41.4 Å². The summed E-state index contributed by atoms with van der Waals surface area (Å²) in [5, 5.41) is 18.8. The third-order valence-electron chi connectivity index (χ3n) is 3.34. The van der Waals surface area contributed by atoms with Gasteiger partial charge in [0.25, 0.3) is 0 Å². The number of ether oxygens (including phenoxy) is 1. The summed E-state index contributed by atoms with van der Waals surface area (Å²) in [7, 11) is -3.16. The summed E-state index contributed by atoms with van der Waals surface area (Å²) in [6.45, 7) is 5.92. The third kappa shape index (κ3) is 6.10. The average Bonchev–Trinajstić information content (AvgIpc) is 2.98. The summed E-state index contributed by atoms with van der Waals surface area (Å²) in [6, 6.07) is 3.03. The Bertz CT molecular complexity index is 913. The van der Waals surface area contributed by atoms with Crippen LogP contribution in [0.5, 0.6) is 11.6 Å². The van der Waals surface area contributed by atoms with Gasteiger partial charge >= 0.3 is 0 Å². The van der Waals surface area contributed by atoms with E-state index in [0.717, 1.165) is 0 Å². The number of hydrogen-bond acceptors (Lipinski definition) is 6. The quantitative estimate of drug-likeness (QED) is 0.669. The molecule has 0 atom stereocenters. The number of ketones is 1. The second-order valence-electron chi connectivity index (χ2n) is 5.15. The number of benzene rings is 1. The van der Waals surface area contributed by atoms with Crippen molar-refractivity contribution in [1.82, 2.24) is 9.78 Å². The number of aromatic nitrogens is 2. The predicted octanol–water partition coefficient (Wildman–Crippen LogP) is 2.84. The number of sulfonamides is 1. The maximum atomic E-state index is 12.5. The minimum absolute atomic E-state index is 0.0208. The van der Waals surface area contributed by atoms with Crippen LogP contribution in [0.2, 0.25) is 10.0 Å².